The van der Waals surface area contributed by atoms with Crippen LogP contribution in [-0.4, -0.2) is 25.4 Å². The van der Waals surface area contributed by atoms with Gasteiger partial charge in [-0.15, -0.1) is 0 Å². The number of amides is 2. The third-order valence-corrected chi connectivity index (χ3v) is 2.43. The van der Waals surface area contributed by atoms with E-state index < -0.39 is 11.3 Å². The van der Waals surface area contributed by atoms with E-state index >= 15 is 0 Å². The highest BCUT2D eigenvalue weighted by atomic mass is 16.2. The van der Waals surface area contributed by atoms with Crippen LogP contribution in [0, 0.1) is 22.7 Å². The molecular formula is C11H19N3O2. The van der Waals surface area contributed by atoms with Gasteiger partial charge in [0, 0.05) is 13.6 Å². The Labute approximate surface area is 96.2 Å². The smallest absolute Gasteiger partial charge is 0.237 e. The summed E-state index contributed by atoms with van der Waals surface area (Å²) in [7, 11) is 1.55. The summed E-state index contributed by atoms with van der Waals surface area (Å²) in [5.41, 5.74) is -0.668. The van der Waals surface area contributed by atoms with E-state index in [0.29, 0.717) is 6.42 Å². The van der Waals surface area contributed by atoms with E-state index in [1.165, 1.54) is 0 Å². The Balaban J connectivity index is 4.30. The number of carbonyl (C=O) groups excluding carboxylic acids is 2. The summed E-state index contributed by atoms with van der Waals surface area (Å²) in [5, 5.41) is 13.8. The predicted molar refractivity (Wildman–Crippen MR) is 60.3 cm³/mol. The van der Waals surface area contributed by atoms with Crippen LogP contribution in [0.1, 0.15) is 27.2 Å². The average molecular weight is 225 g/mol. The fraction of sp³-hybridized carbons (Fsp3) is 0.727. The van der Waals surface area contributed by atoms with Crippen molar-refractivity contribution in [1.82, 2.24) is 10.6 Å². The fourth-order valence-electron chi connectivity index (χ4n) is 1.19. The molecule has 0 saturated carbocycles. The maximum Gasteiger partial charge on any atom is 0.237 e. The lowest BCUT2D eigenvalue weighted by Crippen LogP contribution is -2.45. The molecule has 90 valence electrons. The van der Waals surface area contributed by atoms with Gasteiger partial charge in [-0.25, -0.2) is 0 Å². The zero-order valence-corrected chi connectivity index (χ0v) is 10.3. The Morgan fingerprint density at radius 2 is 2.00 bits per heavy atom. The zero-order chi connectivity index (χ0) is 12.8. The summed E-state index contributed by atoms with van der Waals surface area (Å²) in [5.74, 6) is -1.10. The van der Waals surface area contributed by atoms with Crippen molar-refractivity contribution < 1.29 is 9.59 Å². The van der Waals surface area contributed by atoms with Gasteiger partial charge in [-0.2, -0.15) is 5.26 Å². The largest absolute Gasteiger partial charge is 0.359 e. The molecule has 2 amide bonds. The number of hydrogen-bond acceptors (Lipinski definition) is 3. The zero-order valence-electron chi connectivity index (χ0n) is 10.3. The lowest BCUT2D eigenvalue weighted by molar-refractivity contribution is -0.129. The summed E-state index contributed by atoms with van der Waals surface area (Å²) in [6.07, 6.45) is 0.475. The molecule has 0 spiro atoms. The SMILES string of the molecule is CCC(C#N)C(=O)NCC(C)(C)C(=O)NC. The second-order valence-corrected chi connectivity index (χ2v) is 4.27. The van der Waals surface area contributed by atoms with Crippen molar-refractivity contribution in [2.24, 2.45) is 11.3 Å². The van der Waals surface area contributed by atoms with Crippen LogP contribution in [0.5, 0.6) is 0 Å². The van der Waals surface area contributed by atoms with Gasteiger partial charge in [0.25, 0.3) is 0 Å². The molecule has 0 fully saturated rings. The molecule has 2 N–H and O–H groups in total. The first-order valence-corrected chi connectivity index (χ1v) is 5.28. The van der Waals surface area contributed by atoms with Crippen LogP contribution in [0.3, 0.4) is 0 Å². The molecule has 0 aromatic rings. The van der Waals surface area contributed by atoms with Gasteiger partial charge in [-0.1, -0.05) is 6.92 Å². The molecule has 1 unspecified atom stereocenters. The van der Waals surface area contributed by atoms with E-state index in [2.05, 4.69) is 10.6 Å². The number of nitrogens with zero attached hydrogens (tertiary/aromatic N) is 1. The molecule has 0 radical (unpaired) electrons. The Hall–Kier alpha value is -1.57. The van der Waals surface area contributed by atoms with Crippen molar-refractivity contribution >= 4 is 11.8 Å². The number of nitrogens with one attached hydrogen (secondary N) is 2. The maximum atomic E-state index is 11.5. The van der Waals surface area contributed by atoms with Gasteiger partial charge < -0.3 is 10.6 Å². The van der Waals surface area contributed by atoms with Crippen molar-refractivity contribution in [3.05, 3.63) is 0 Å². The number of nitriles is 1. The molecule has 1 atom stereocenters. The van der Waals surface area contributed by atoms with Gasteiger partial charge >= 0.3 is 0 Å². The second kappa shape index (κ2) is 6.11. The minimum Gasteiger partial charge on any atom is -0.359 e. The van der Waals surface area contributed by atoms with Crippen LogP contribution in [0.25, 0.3) is 0 Å². The van der Waals surface area contributed by atoms with Crippen LogP contribution in [0.4, 0.5) is 0 Å². The van der Waals surface area contributed by atoms with Crippen LogP contribution in [0.15, 0.2) is 0 Å². The molecule has 0 aliphatic carbocycles. The summed E-state index contributed by atoms with van der Waals surface area (Å²) >= 11 is 0. The first-order valence-electron chi connectivity index (χ1n) is 5.28. The van der Waals surface area contributed by atoms with E-state index in [9.17, 15) is 9.59 Å². The van der Waals surface area contributed by atoms with Crippen LogP contribution < -0.4 is 10.6 Å². The monoisotopic (exact) mass is 225 g/mol. The van der Waals surface area contributed by atoms with Crippen LogP contribution >= 0.6 is 0 Å². The van der Waals surface area contributed by atoms with Crippen LogP contribution in [-0.2, 0) is 9.59 Å². The van der Waals surface area contributed by atoms with Crippen LogP contribution in [0.2, 0.25) is 0 Å². The molecule has 0 aromatic carbocycles. The summed E-state index contributed by atoms with van der Waals surface area (Å²) in [6.45, 7) is 5.47. The van der Waals surface area contributed by atoms with Gasteiger partial charge in [-0.3, -0.25) is 9.59 Å². The molecule has 0 bridgehead atoms. The first-order chi connectivity index (χ1) is 7.38. The molecule has 0 aromatic heterocycles. The molecule has 0 heterocycles. The number of rotatable bonds is 5. The Morgan fingerprint density at radius 1 is 1.44 bits per heavy atom. The third kappa shape index (κ3) is 3.89. The van der Waals surface area contributed by atoms with Gasteiger partial charge in [-0.05, 0) is 20.3 Å². The normalized spacial score (nSPS) is 12.4. The van der Waals surface area contributed by atoms with Crippen molar-refractivity contribution in [3.8, 4) is 6.07 Å². The fourth-order valence-corrected chi connectivity index (χ4v) is 1.19. The molecule has 5 heteroatoms. The summed E-state index contributed by atoms with van der Waals surface area (Å²) < 4.78 is 0. The standard InChI is InChI=1S/C11H19N3O2/c1-5-8(6-12)9(15)14-7-11(2,3)10(16)13-4/h8H,5,7H2,1-4H3,(H,13,16)(H,14,15). The van der Waals surface area contributed by atoms with Gasteiger partial charge in [0.2, 0.25) is 11.8 Å². The Bertz CT molecular complexity index is 305. The van der Waals surface area contributed by atoms with E-state index in [1.54, 1.807) is 27.8 Å². The quantitative estimate of drug-likeness (QED) is 0.711. The predicted octanol–water partition coefficient (Wildman–Crippen LogP) is 0.425. The van der Waals surface area contributed by atoms with E-state index in [0.717, 1.165) is 0 Å². The topological polar surface area (TPSA) is 82.0 Å². The maximum absolute atomic E-state index is 11.5. The lowest BCUT2D eigenvalue weighted by atomic mass is 9.92. The first kappa shape index (κ1) is 14.4. The van der Waals surface area contributed by atoms with Gasteiger partial charge in [0.05, 0.1) is 11.5 Å². The summed E-state index contributed by atoms with van der Waals surface area (Å²) in [6, 6.07) is 1.92. The second-order valence-electron chi connectivity index (χ2n) is 4.27. The minimum absolute atomic E-state index is 0.141. The highest BCUT2D eigenvalue weighted by Gasteiger charge is 2.28. The number of carbonyl (C=O) groups is 2. The molecular weight excluding hydrogens is 206 g/mol. The van der Waals surface area contributed by atoms with Crippen molar-refractivity contribution in [1.29, 1.82) is 5.26 Å². The molecule has 0 aliphatic heterocycles. The summed E-state index contributed by atoms with van der Waals surface area (Å²) in [4.78, 5) is 22.9. The highest BCUT2D eigenvalue weighted by molar-refractivity contribution is 5.84. The minimum atomic E-state index is -0.668. The number of hydrogen-bond donors (Lipinski definition) is 2. The Kier molecular flexibility index (Phi) is 5.51. The lowest BCUT2D eigenvalue weighted by Gasteiger charge is -2.23. The molecule has 5 nitrogen and oxygen atoms in total. The van der Waals surface area contributed by atoms with Crippen molar-refractivity contribution in [2.75, 3.05) is 13.6 Å². The third-order valence-electron chi connectivity index (χ3n) is 2.43. The highest BCUT2D eigenvalue weighted by Crippen LogP contribution is 2.13. The van der Waals surface area contributed by atoms with Crippen molar-refractivity contribution in [2.45, 2.75) is 27.2 Å². The van der Waals surface area contributed by atoms with Gasteiger partial charge in [0.1, 0.15) is 5.92 Å². The molecule has 0 aliphatic rings. The molecule has 0 saturated heterocycles. The molecule has 16 heavy (non-hydrogen) atoms. The van der Waals surface area contributed by atoms with E-state index in [4.69, 9.17) is 5.26 Å². The van der Waals surface area contributed by atoms with E-state index in [-0.39, 0.29) is 18.4 Å². The van der Waals surface area contributed by atoms with E-state index in [1.807, 2.05) is 6.07 Å². The molecule has 0 rings (SSSR count). The van der Waals surface area contributed by atoms with Crippen molar-refractivity contribution in [3.63, 3.8) is 0 Å². The Morgan fingerprint density at radius 3 is 2.38 bits per heavy atom. The average Bonchev–Trinajstić information content (AvgIpc) is 2.27. The van der Waals surface area contributed by atoms with Gasteiger partial charge in [0.15, 0.2) is 0 Å².